The number of halogens is 2. The standard InChI is InChI=1S/C11H13F2NS/c1-2-5-14-6-7-15-9-3-4-10(12)11(13)8-9/h2-4,8,14H,1,5-7H2. The van der Waals surface area contributed by atoms with E-state index in [1.165, 1.54) is 17.8 Å². The molecule has 1 nitrogen and oxygen atoms in total. The third-order valence-corrected chi connectivity index (χ3v) is 2.72. The van der Waals surface area contributed by atoms with E-state index in [2.05, 4.69) is 11.9 Å². The van der Waals surface area contributed by atoms with Crippen molar-refractivity contribution >= 4 is 11.8 Å². The predicted octanol–water partition coefficient (Wildman–Crippen LogP) is 2.83. The molecule has 1 N–H and O–H groups in total. The Morgan fingerprint density at radius 3 is 2.80 bits per heavy atom. The Hall–Kier alpha value is -0.870. The molecule has 0 atom stereocenters. The van der Waals surface area contributed by atoms with Crippen LogP contribution in [-0.4, -0.2) is 18.8 Å². The molecule has 0 fully saturated rings. The van der Waals surface area contributed by atoms with Crippen LogP contribution in [0.1, 0.15) is 0 Å². The minimum Gasteiger partial charge on any atom is -0.312 e. The molecule has 0 saturated carbocycles. The van der Waals surface area contributed by atoms with Gasteiger partial charge in [0, 0.05) is 23.7 Å². The van der Waals surface area contributed by atoms with E-state index in [0.29, 0.717) is 0 Å². The SMILES string of the molecule is C=CCNCCSc1ccc(F)c(F)c1. The summed E-state index contributed by atoms with van der Waals surface area (Å²) >= 11 is 1.49. The Kier molecular flexibility index (Phi) is 5.36. The second kappa shape index (κ2) is 6.58. The van der Waals surface area contributed by atoms with E-state index in [9.17, 15) is 8.78 Å². The van der Waals surface area contributed by atoms with Gasteiger partial charge in [0.25, 0.3) is 0 Å². The van der Waals surface area contributed by atoms with Gasteiger partial charge in [0.15, 0.2) is 11.6 Å². The van der Waals surface area contributed by atoms with Crippen LogP contribution in [0.4, 0.5) is 8.78 Å². The third kappa shape index (κ3) is 4.44. The average molecular weight is 229 g/mol. The summed E-state index contributed by atoms with van der Waals surface area (Å²) in [7, 11) is 0. The quantitative estimate of drug-likeness (QED) is 0.457. The Bertz CT molecular complexity index is 328. The molecule has 1 aromatic rings. The van der Waals surface area contributed by atoms with Gasteiger partial charge in [0.2, 0.25) is 0 Å². The van der Waals surface area contributed by atoms with Gasteiger partial charge in [0.1, 0.15) is 0 Å². The highest BCUT2D eigenvalue weighted by Gasteiger charge is 2.02. The fourth-order valence-electron chi connectivity index (χ4n) is 1.01. The Balaban J connectivity index is 2.31. The van der Waals surface area contributed by atoms with E-state index in [1.54, 1.807) is 12.1 Å². The first kappa shape index (κ1) is 12.2. The highest BCUT2D eigenvalue weighted by atomic mass is 32.2. The zero-order valence-corrected chi connectivity index (χ0v) is 9.12. The smallest absolute Gasteiger partial charge is 0.159 e. The summed E-state index contributed by atoms with van der Waals surface area (Å²) in [5.74, 6) is -0.776. The average Bonchev–Trinajstić information content (AvgIpc) is 2.23. The molecule has 0 heterocycles. The topological polar surface area (TPSA) is 12.0 Å². The van der Waals surface area contributed by atoms with E-state index >= 15 is 0 Å². The number of thioether (sulfide) groups is 1. The molecule has 0 aliphatic carbocycles. The molecule has 0 spiro atoms. The van der Waals surface area contributed by atoms with Crippen LogP contribution in [-0.2, 0) is 0 Å². The van der Waals surface area contributed by atoms with Crippen LogP contribution in [0.5, 0.6) is 0 Å². The Morgan fingerprint density at radius 2 is 2.13 bits per heavy atom. The van der Waals surface area contributed by atoms with Crippen LogP contribution in [0.15, 0.2) is 35.7 Å². The molecule has 0 aliphatic rings. The van der Waals surface area contributed by atoms with E-state index in [4.69, 9.17) is 0 Å². The van der Waals surface area contributed by atoms with E-state index in [0.717, 1.165) is 29.8 Å². The van der Waals surface area contributed by atoms with Crippen molar-refractivity contribution in [3.63, 3.8) is 0 Å². The van der Waals surface area contributed by atoms with Crippen LogP contribution in [0.2, 0.25) is 0 Å². The fraction of sp³-hybridized carbons (Fsp3) is 0.273. The maximum absolute atomic E-state index is 12.8. The monoisotopic (exact) mass is 229 g/mol. The van der Waals surface area contributed by atoms with Crippen LogP contribution in [0.25, 0.3) is 0 Å². The Labute approximate surface area is 92.6 Å². The molecule has 0 saturated heterocycles. The third-order valence-electron chi connectivity index (χ3n) is 1.73. The van der Waals surface area contributed by atoms with Crippen LogP contribution < -0.4 is 5.32 Å². The summed E-state index contributed by atoms with van der Waals surface area (Å²) in [6.07, 6.45) is 1.78. The number of rotatable bonds is 6. The van der Waals surface area contributed by atoms with Gasteiger partial charge in [0.05, 0.1) is 0 Å². The maximum atomic E-state index is 12.8. The lowest BCUT2D eigenvalue weighted by Gasteiger charge is -2.02. The molecule has 82 valence electrons. The van der Waals surface area contributed by atoms with Gasteiger partial charge in [-0.2, -0.15) is 0 Å². The first-order valence-corrected chi connectivity index (χ1v) is 5.62. The number of benzene rings is 1. The van der Waals surface area contributed by atoms with Gasteiger partial charge >= 0.3 is 0 Å². The molecule has 0 bridgehead atoms. The highest BCUT2D eigenvalue weighted by molar-refractivity contribution is 7.99. The summed E-state index contributed by atoms with van der Waals surface area (Å²) in [6, 6.07) is 3.94. The van der Waals surface area contributed by atoms with Crippen molar-refractivity contribution < 1.29 is 8.78 Å². The van der Waals surface area contributed by atoms with Gasteiger partial charge in [-0.05, 0) is 18.2 Å². The summed E-state index contributed by atoms with van der Waals surface area (Å²) < 4.78 is 25.4. The van der Waals surface area contributed by atoms with E-state index in [1.807, 2.05) is 0 Å². The first-order chi connectivity index (χ1) is 7.24. The summed E-state index contributed by atoms with van der Waals surface area (Å²) in [5, 5.41) is 3.12. The lowest BCUT2D eigenvalue weighted by atomic mass is 10.3. The normalized spacial score (nSPS) is 10.3. The van der Waals surface area contributed by atoms with Gasteiger partial charge in [-0.25, -0.2) is 8.78 Å². The minimum absolute atomic E-state index is 0.745. The van der Waals surface area contributed by atoms with Gasteiger partial charge in [-0.15, -0.1) is 18.3 Å². The van der Waals surface area contributed by atoms with Crippen LogP contribution in [0, 0.1) is 11.6 Å². The van der Waals surface area contributed by atoms with Gasteiger partial charge < -0.3 is 5.32 Å². The van der Waals surface area contributed by atoms with Gasteiger partial charge in [-0.3, -0.25) is 0 Å². The van der Waals surface area contributed by atoms with Crippen LogP contribution in [0.3, 0.4) is 0 Å². The molecule has 0 aliphatic heterocycles. The number of nitrogens with one attached hydrogen (secondary N) is 1. The summed E-state index contributed by atoms with van der Waals surface area (Å²) in [4.78, 5) is 0.745. The molecule has 0 radical (unpaired) electrons. The van der Waals surface area contributed by atoms with E-state index < -0.39 is 11.6 Å². The number of hydrogen-bond acceptors (Lipinski definition) is 2. The molecule has 4 heteroatoms. The largest absolute Gasteiger partial charge is 0.312 e. The zero-order valence-electron chi connectivity index (χ0n) is 8.30. The van der Waals surface area contributed by atoms with Gasteiger partial charge in [-0.1, -0.05) is 6.08 Å². The van der Waals surface area contributed by atoms with Crippen molar-refractivity contribution in [2.24, 2.45) is 0 Å². The highest BCUT2D eigenvalue weighted by Crippen LogP contribution is 2.19. The van der Waals surface area contributed by atoms with Crippen molar-refractivity contribution in [2.75, 3.05) is 18.8 Å². The fourth-order valence-corrected chi connectivity index (χ4v) is 1.84. The number of hydrogen-bond donors (Lipinski definition) is 1. The molecular weight excluding hydrogens is 216 g/mol. The second-order valence-corrected chi connectivity index (χ2v) is 4.09. The lowest BCUT2D eigenvalue weighted by Crippen LogP contribution is -2.16. The van der Waals surface area contributed by atoms with Crippen molar-refractivity contribution in [1.82, 2.24) is 5.32 Å². The predicted molar refractivity (Wildman–Crippen MR) is 60.1 cm³/mol. The molecule has 15 heavy (non-hydrogen) atoms. The maximum Gasteiger partial charge on any atom is 0.159 e. The van der Waals surface area contributed by atoms with Crippen molar-refractivity contribution in [2.45, 2.75) is 4.90 Å². The summed E-state index contributed by atoms with van der Waals surface area (Å²) in [5.41, 5.74) is 0. The zero-order chi connectivity index (χ0) is 11.1. The molecule has 0 aromatic heterocycles. The Morgan fingerprint density at radius 1 is 1.33 bits per heavy atom. The second-order valence-electron chi connectivity index (χ2n) is 2.92. The van der Waals surface area contributed by atoms with Crippen LogP contribution >= 0.6 is 11.8 Å². The first-order valence-electron chi connectivity index (χ1n) is 4.63. The molecular formula is C11H13F2NS. The van der Waals surface area contributed by atoms with Crippen molar-refractivity contribution in [1.29, 1.82) is 0 Å². The molecule has 0 unspecified atom stereocenters. The lowest BCUT2D eigenvalue weighted by molar-refractivity contribution is 0.506. The summed E-state index contributed by atoms with van der Waals surface area (Å²) in [6.45, 7) is 5.15. The van der Waals surface area contributed by atoms with E-state index in [-0.39, 0.29) is 0 Å². The molecule has 1 rings (SSSR count). The molecule has 0 amide bonds. The molecule has 1 aromatic carbocycles. The minimum atomic E-state index is -0.802. The van der Waals surface area contributed by atoms with Crippen molar-refractivity contribution in [3.05, 3.63) is 42.5 Å². The van der Waals surface area contributed by atoms with Crippen molar-refractivity contribution in [3.8, 4) is 0 Å².